The van der Waals surface area contributed by atoms with Crippen LogP contribution in [0.3, 0.4) is 0 Å². The number of carboxylic acid groups (broad SMARTS) is 1. The third-order valence-electron chi connectivity index (χ3n) is 5.41. The lowest BCUT2D eigenvalue weighted by Crippen LogP contribution is -2.61. The number of hydrogen-bond donors (Lipinski definition) is 8. The molecule has 0 saturated carbocycles. The molecule has 13 nitrogen and oxygen atoms in total. The highest BCUT2D eigenvalue weighted by molar-refractivity contribution is 5.88. The molecule has 1 aliphatic rings. The molecule has 0 radical (unpaired) electrons. The van der Waals surface area contributed by atoms with E-state index in [1.807, 2.05) is 0 Å². The van der Waals surface area contributed by atoms with Crippen molar-refractivity contribution in [2.24, 2.45) is 0 Å². The van der Waals surface area contributed by atoms with Gasteiger partial charge in [0.1, 0.15) is 35.2 Å². The van der Waals surface area contributed by atoms with Crippen LogP contribution in [0.1, 0.15) is 0 Å². The van der Waals surface area contributed by atoms with Gasteiger partial charge in [0, 0.05) is 24.3 Å². The van der Waals surface area contributed by atoms with Crippen LogP contribution in [0.2, 0.25) is 0 Å². The molecule has 0 bridgehead atoms. The number of aliphatic carboxylic acids is 1. The molecule has 0 amide bonds. The number of carbonyl (C=O) groups is 1. The molecule has 2 heterocycles. The van der Waals surface area contributed by atoms with Crippen LogP contribution in [0.5, 0.6) is 34.5 Å². The number of aromatic hydroxyl groups is 4. The number of carboxylic acids is 1. The van der Waals surface area contributed by atoms with Gasteiger partial charge < -0.3 is 55.1 Å². The maximum Gasteiger partial charge on any atom is 0.402 e. The van der Waals surface area contributed by atoms with Gasteiger partial charge in [-0.1, -0.05) is 0 Å². The molecule has 35 heavy (non-hydrogen) atoms. The number of phenolic OH excluding ortho intramolecular Hbond substituents is 4. The second-order valence-electron chi connectivity index (χ2n) is 7.72. The molecule has 186 valence electrons. The van der Waals surface area contributed by atoms with Crippen molar-refractivity contribution < 1.29 is 64.3 Å². The first-order valence-corrected chi connectivity index (χ1v) is 10.0. The van der Waals surface area contributed by atoms with Crippen molar-refractivity contribution in [1.29, 1.82) is 0 Å². The molecule has 3 aromatic rings. The summed E-state index contributed by atoms with van der Waals surface area (Å²) in [6.45, 7) is 0. The van der Waals surface area contributed by atoms with Crippen molar-refractivity contribution in [3.05, 3.63) is 30.3 Å². The van der Waals surface area contributed by atoms with Gasteiger partial charge in [-0.05, 0) is 0 Å². The Bertz CT molecular complexity index is 1290. The van der Waals surface area contributed by atoms with Crippen LogP contribution in [-0.2, 0) is 9.53 Å². The van der Waals surface area contributed by atoms with Crippen LogP contribution >= 0.6 is 0 Å². The van der Waals surface area contributed by atoms with Crippen molar-refractivity contribution in [2.75, 3.05) is 7.11 Å². The highest BCUT2D eigenvalue weighted by atomic mass is 16.7. The summed E-state index contributed by atoms with van der Waals surface area (Å²) in [5.74, 6) is -4.17. The number of benzene rings is 2. The Morgan fingerprint density at radius 2 is 1.63 bits per heavy atom. The fourth-order valence-corrected chi connectivity index (χ4v) is 3.63. The highest BCUT2D eigenvalue weighted by Gasteiger charge is 2.48. The molecule has 0 aliphatic carbocycles. The standard InChI is InChI=1S/C22H20O13/c1-32-13-3-7(2-11(25)15(13)26)19-14(6-9-10(24)4-8(23)5-12(9)33-19)34-22-18(29)16(27)17(28)20(35-22)21(30)31/h2-6,16-18,20,22,27-29H,1H3,(H4-,23,24,25,26,30,31)/p+1/t16-,17-,18+,20-,22+/m0/s1. The molecule has 1 aliphatic heterocycles. The van der Waals surface area contributed by atoms with E-state index in [1.54, 1.807) is 0 Å². The van der Waals surface area contributed by atoms with E-state index in [4.69, 9.17) is 18.6 Å². The van der Waals surface area contributed by atoms with E-state index in [9.17, 15) is 45.6 Å². The van der Waals surface area contributed by atoms with Gasteiger partial charge in [0.25, 0.3) is 0 Å². The highest BCUT2D eigenvalue weighted by Crippen LogP contribution is 2.45. The fraction of sp³-hybridized carbons (Fsp3) is 0.273. The summed E-state index contributed by atoms with van der Waals surface area (Å²) in [4.78, 5) is 11.4. The minimum atomic E-state index is -1.95. The molecule has 4 rings (SSSR count). The average Bonchev–Trinajstić information content (AvgIpc) is 2.80. The van der Waals surface area contributed by atoms with E-state index in [0.29, 0.717) is 0 Å². The zero-order chi connectivity index (χ0) is 25.6. The quantitative estimate of drug-likeness (QED) is 0.179. The fourth-order valence-electron chi connectivity index (χ4n) is 3.63. The lowest BCUT2D eigenvalue weighted by Gasteiger charge is -2.38. The SMILES string of the molecule is COc1cc(-c2[o+]c3cc(O)cc(O)c3cc2O[C@@H]2O[C@H](C(=O)O)[C@@H](O)[C@H](O)[C@H]2O)cc(O)c1O. The van der Waals surface area contributed by atoms with Gasteiger partial charge in [-0.2, -0.15) is 0 Å². The molecule has 1 fully saturated rings. The summed E-state index contributed by atoms with van der Waals surface area (Å²) in [6, 6.07) is 5.74. The second kappa shape index (κ2) is 8.96. The summed E-state index contributed by atoms with van der Waals surface area (Å²) < 4.78 is 21.6. The van der Waals surface area contributed by atoms with Gasteiger partial charge in [0.15, 0.2) is 17.6 Å². The molecule has 8 N–H and O–H groups in total. The predicted molar refractivity (Wildman–Crippen MR) is 114 cm³/mol. The molecule has 13 heteroatoms. The van der Waals surface area contributed by atoms with Crippen molar-refractivity contribution in [3.63, 3.8) is 0 Å². The largest absolute Gasteiger partial charge is 0.507 e. The number of rotatable bonds is 5. The number of ether oxygens (including phenoxy) is 3. The Morgan fingerprint density at radius 1 is 0.914 bits per heavy atom. The van der Waals surface area contributed by atoms with Crippen LogP contribution in [0.25, 0.3) is 22.3 Å². The maximum absolute atomic E-state index is 11.4. The van der Waals surface area contributed by atoms with Crippen molar-refractivity contribution in [2.45, 2.75) is 30.7 Å². The Balaban J connectivity index is 1.88. The Hall–Kier alpha value is -4.04. The second-order valence-corrected chi connectivity index (χ2v) is 7.72. The van der Waals surface area contributed by atoms with Crippen LogP contribution in [0.4, 0.5) is 0 Å². The van der Waals surface area contributed by atoms with E-state index in [-0.39, 0.29) is 39.5 Å². The zero-order valence-electron chi connectivity index (χ0n) is 17.9. The Labute approximate surface area is 195 Å². The van der Waals surface area contributed by atoms with E-state index >= 15 is 0 Å². The first-order valence-electron chi connectivity index (χ1n) is 10.0. The van der Waals surface area contributed by atoms with Gasteiger partial charge in [-0.15, -0.1) is 0 Å². The summed E-state index contributed by atoms with van der Waals surface area (Å²) >= 11 is 0. The third-order valence-corrected chi connectivity index (χ3v) is 5.41. The Kier molecular flexibility index (Phi) is 6.17. The average molecular weight is 493 g/mol. The number of fused-ring (bicyclic) bond motifs is 1. The van der Waals surface area contributed by atoms with Crippen molar-refractivity contribution in [3.8, 4) is 45.8 Å². The number of aliphatic hydroxyl groups excluding tert-OH is 3. The first-order chi connectivity index (χ1) is 16.5. The molecular formula is C22H21O13+. The van der Waals surface area contributed by atoms with Gasteiger partial charge in [-0.3, -0.25) is 0 Å². The van der Waals surface area contributed by atoms with E-state index in [2.05, 4.69) is 0 Å². The lowest BCUT2D eigenvalue weighted by atomic mass is 9.99. The molecule has 1 saturated heterocycles. The lowest BCUT2D eigenvalue weighted by molar-refractivity contribution is -0.271. The third kappa shape index (κ3) is 4.28. The smallest absolute Gasteiger partial charge is 0.402 e. The van der Waals surface area contributed by atoms with Crippen LogP contribution in [0, 0.1) is 0 Å². The van der Waals surface area contributed by atoms with Crippen LogP contribution < -0.4 is 9.47 Å². The van der Waals surface area contributed by atoms with Gasteiger partial charge in [-0.25, -0.2) is 9.21 Å². The molecule has 5 atom stereocenters. The number of hydrogen-bond acceptors (Lipinski definition) is 11. The Morgan fingerprint density at radius 3 is 2.29 bits per heavy atom. The molecule has 0 unspecified atom stereocenters. The molecule has 2 aromatic carbocycles. The number of methoxy groups -OCH3 is 1. The monoisotopic (exact) mass is 493 g/mol. The van der Waals surface area contributed by atoms with E-state index < -0.39 is 53.9 Å². The topological polar surface area (TPSA) is 218 Å². The number of aliphatic hydroxyl groups is 3. The first kappa shape index (κ1) is 24.1. The van der Waals surface area contributed by atoms with E-state index in [1.165, 1.54) is 25.3 Å². The molecule has 0 spiro atoms. The summed E-state index contributed by atoms with van der Waals surface area (Å²) in [7, 11) is 1.23. The van der Waals surface area contributed by atoms with Crippen molar-refractivity contribution in [1.82, 2.24) is 0 Å². The van der Waals surface area contributed by atoms with Crippen LogP contribution in [-0.4, -0.2) is 84.6 Å². The zero-order valence-corrected chi connectivity index (χ0v) is 17.9. The summed E-state index contributed by atoms with van der Waals surface area (Å²) in [6.07, 6.45) is -9.57. The molecule has 1 aromatic heterocycles. The summed E-state index contributed by atoms with van der Waals surface area (Å²) in [5, 5.41) is 79.8. The minimum Gasteiger partial charge on any atom is -0.507 e. The number of phenols is 4. The van der Waals surface area contributed by atoms with Crippen molar-refractivity contribution >= 4 is 16.9 Å². The minimum absolute atomic E-state index is 0.0252. The molecular weight excluding hydrogens is 472 g/mol. The maximum atomic E-state index is 11.4. The van der Waals surface area contributed by atoms with Gasteiger partial charge in [0.2, 0.25) is 17.8 Å². The van der Waals surface area contributed by atoms with E-state index in [0.717, 1.165) is 12.1 Å². The van der Waals surface area contributed by atoms with Crippen LogP contribution in [0.15, 0.2) is 34.7 Å². The predicted octanol–water partition coefficient (Wildman–Crippen LogP) is 0.483. The van der Waals surface area contributed by atoms with Gasteiger partial charge >= 0.3 is 17.3 Å². The summed E-state index contributed by atoms with van der Waals surface area (Å²) in [5.41, 5.74) is 0.0120. The normalized spacial score (nSPS) is 24.3. The van der Waals surface area contributed by atoms with Gasteiger partial charge in [0.05, 0.1) is 18.7 Å².